The molecule has 0 saturated heterocycles. The Balaban J connectivity index is 3.54. The summed E-state index contributed by atoms with van der Waals surface area (Å²) in [6.45, 7) is 4.44. The lowest BCUT2D eigenvalue weighted by Crippen LogP contribution is -2.02. The topological polar surface area (TPSA) is 26.3 Å². The predicted molar refractivity (Wildman–Crippen MR) is 114 cm³/mol. The first-order chi connectivity index (χ1) is 12.8. The highest BCUT2D eigenvalue weighted by Crippen LogP contribution is 1.98. The number of carbonyl (C=O) groups excluding carboxylic acids is 1. The molecule has 2 nitrogen and oxygen atoms in total. The van der Waals surface area contributed by atoms with Gasteiger partial charge in [-0.3, -0.25) is 4.79 Å². The number of allylic oxidation sites excluding steroid dienone is 12. The highest BCUT2D eigenvalue weighted by Gasteiger charge is 1.97. The number of rotatable bonds is 15. The Morgan fingerprint density at radius 3 is 1.38 bits per heavy atom. The summed E-state index contributed by atoms with van der Waals surface area (Å²) in [6.07, 6.45) is 33.3. The van der Waals surface area contributed by atoms with E-state index in [2.05, 4.69) is 73.8 Å². The zero-order valence-corrected chi connectivity index (χ0v) is 16.6. The summed E-state index contributed by atoms with van der Waals surface area (Å²) in [5.74, 6) is -0.118. The normalized spacial score (nSPS) is 12.8. The van der Waals surface area contributed by atoms with E-state index in [1.54, 1.807) is 0 Å². The van der Waals surface area contributed by atoms with E-state index < -0.39 is 0 Å². The Morgan fingerprint density at radius 2 is 1.00 bits per heavy atom. The molecule has 0 aliphatic carbocycles. The van der Waals surface area contributed by atoms with Crippen molar-refractivity contribution >= 4 is 5.97 Å². The summed E-state index contributed by atoms with van der Waals surface area (Å²) in [4.78, 5) is 11.1. The Kier molecular flexibility index (Phi) is 19.3. The van der Waals surface area contributed by atoms with E-state index in [0.29, 0.717) is 13.0 Å². The van der Waals surface area contributed by atoms with Gasteiger partial charge in [0.2, 0.25) is 0 Å². The number of esters is 1. The molecule has 0 radical (unpaired) electrons. The van der Waals surface area contributed by atoms with Gasteiger partial charge in [0.1, 0.15) is 0 Å². The third-order valence-corrected chi connectivity index (χ3v) is 3.42. The van der Waals surface area contributed by atoms with Crippen LogP contribution in [-0.2, 0) is 9.53 Å². The second-order valence-corrected chi connectivity index (χ2v) is 5.76. The Hall–Kier alpha value is -2.09. The van der Waals surface area contributed by atoms with Crippen molar-refractivity contribution in [1.82, 2.24) is 0 Å². The van der Waals surface area contributed by atoms with E-state index in [9.17, 15) is 4.79 Å². The molecule has 0 N–H and O–H groups in total. The largest absolute Gasteiger partial charge is 0.466 e. The van der Waals surface area contributed by atoms with Gasteiger partial charge in [0, 0.05) is 6.42 Å². The molecule has 0 bridgehead atoms. The fourth-order valence-corrected chi connectivity index (χ4v) is 2.07. The fourth-order valence-electron chi connectivity index (χ4n) is 2.07. The predicted octanol–water partition coefficient (Wildman–Crippen LogP) is 7.03. The van der Waals surface area contributed by atoms with Gasteiger partial charge in [-0.05, 0) is 51.9 Å². The smallest absolute Gasteiger partial charge is 0.306 e. The van der Waals surface area contributed by atoms with Crippen molar-refractivity contribution in [3.63, 3.8) is 0 Å². The molecule has 0 aromatic carbocycles. The van der Waals surface area contributed by atoms with Crippen LogP contribution in [0.2, 0.25) is 0 Å². The van der Waals surface area contributed by atoms with Gasteiger partial charge < -0.3 is 4.74 Å². The van der Waals surface area contributed by atoms with Gasteiger partial charge in [0.05, 0.1) is 6.61 Å². The van der Waals surface area contributed by atoms with Gasteiger partial charge in [0.25, 0.3) is 0 Å². The van der Waals surface area contributed by atoms with Crippen molar-refractivity contribution in [2.75, 3.05) is 6.61 Å². The average Bonchev–Trinajstić information content (AvgIpc) is 2.64. The molecule has 0 amide bonds. The van der Waals surface area contributed by atoms with Gasteiger partial charge in [-0.25, -0.2) is 0 Å². The van der Waals surface area contributed by atoms with Crippen LogP contribution in [0.15, 0.2) is 72.9 Å². The van der Waals surface area contributed by atoms with Gasteiger partial charge in [-0.1, -0.05) is 79.8 Å². The van der Waals surface area contributed by atoms with Crippen molar-refractivity contribution < 1.29 is 9.53 Å². The molecule has 144 valence electrons. The van der Waals surface area contributed by atoms with Gasteiger partial charge in [0.15, 0.2) is 0 Å². The quantitative estimate of drug-likeness (QED) is 0.232. The first kappa shape index (κ1) is 23.9. The third kappa shape index (κ3) is 20.0. The van der Waals surface area contributed by atoms with Gasteiger partial charge in [-0.2, -0.15) is 0 Å². The molecule has 0 heterocycles. The van der Waals surface area contributed by atoms with Crippen LogP contribution < -0.4 is 0 Å². The maximum Gasteiger partial charge on any atom is 0.306 e. The number of carbonyl (C=O) groups is 1. The second-order valence-electron chi connectivity index (χ2n) is 5.76. The van der Waals surface area contributed by atoms with Crippen LogP contribution in [-0.4, -0.2) is 12.6 Å². The van der Waals surface area contributed by atoms with E-state index in [0.717, 1.165) is 44.9 Å². The minimum absolute atomic E-state index is 0.118. The summed E-state index contributed by atoms with van der Waals surface area (Å²) < 4.78 is 4.87. The van der Waals surface area contributed by atoms with Gasteiger partial charge >= 0.3 is 5.97 Å². The Bertz CT molecular complexity index is 490. The van der Waals surface area contributed by atoms with Crippen LogP contribution in [0.5, 0.6) is 0 Å². The molecule has 0 unspecified atom stereocenters. The molecule has 0 rings (SSSR count). The molecule has 2 heteroatoms. The summed E-state index contributed by atoms with van der Waals surface area (Å²) in [6, 6.07) is 0. The van der Waals surface area contributed by atoms with Crippen molar-refractivity contribution in [3.8, 4) is 0 Å². The molecule has 0 atom stereocenters. The molecule has 0 fully saturated rings. The lowest BCUT2D eigenvalue weighted by molar-refractivity contribution is -0.142. The third-order valence-electron chi connectivity index (χ3n) is 3.42. The van der Waals surface area contributed by atoms with E-state index in [1.165, 1.54) is 0 Å². The van der Waals surface area contributed by atoms with Crippen LogP contribution in [0.25, 0.3) is 0 Å². The summed E-state index contributed by atoms with van der Waals surface area (Å²) in [5.41, 5.74) is 0. The average molecular weight is 357 g/mol. The lowest BCUT2D eigenvalue weighted by atomic mass is 10.2. The minimum Gasteiger partial charge on any atom is -0.466 e. The van der Waals surface area contributed by atoms with Crippen LogP contribution in [0, 0.1) is 0 Å². The molecular formula is C24H36O2. The van der Waals surface area contributed by atoms with E-state index in [-0.39, 0.29) is 5.97 Å². The lowest BCUT2D eigenvalue weighted by Gasteiger charge is -1.97. The monoisotopic (exact) mass is 356 g/mol. The number of ether oxygens (including phenoxy) is 1. The molecule has 0 aliphatic rings. The minimum atomic E-state index is -0.118. The molecule has 0 aromatic heterocycles. The molecule has 0 spiro atoms. The standard InChI is InChI=1S/C24H36O2/c1-3-5-6-7-8-9-10-11-12-13-14-15-16-17-18-19-20-21-22-23-24(25)26-4-2/h5-6,8-9,11-12,14-15,17-18,20-21H,3-4,7,10,13,16,19,22-23H2,1-2H3/b6-5+,9-8+,12-11+,15-14+,18-17+,21-20-. The zero-order valence-electron chi connectivity index (χ0n) is 16.6. The van der Waals surface area contributed by atoms with Crippen molar-refractivity contribution in [2.45, 2.75) is 65.2 Å². The molecule has 26 heavy (non-hydrogen) atoms. The van der Waals surface area contributed by atoms with Crippen molar-refractivity contribution in [1.29, 1.82) is 0 Å². The molecule has 0 aromatic rings. The first-order valence-electron chi connectivity index (χ1n) is 9.86. The van der Waals surface area contributed by atoms with Crippen molar-refractivity contribution in [2.24, 2.45) is 0 Å². The second kappa shape index (κ2) is 21.0. The zero-order chi connectivity index (χ0) is 19.1. The first-order valence-corrected chi connectivity index (χ1v) is 9.86. The van der Waals surface area contributed by atoms with Crippen LogP contribution in [0.3, 0.4) is 0 Å². The molecule has 0 saturated carbocycles. The van der Waals surface area contributed by atoms with Crippen LogP contribution >= 0.6 is 0 Å². The van der Waals surface area contributed by atoms with Gasteiger partial charge in [-0.15, -0.1) is 0 Å². The SMILES string of the molecule is CC/C=C/C/C=C/C/C=C/C/C=C/C/C=C/C/C=C\CCC(=O)OCC. The van der Waals surface area contributed by atoms with E-state index in [1.807, 2.05) is 13.0 Å². The maximum absolute atomic E-state index is 11.1. The number of hydrogen-bond donors (Lipinski definition) is 0. The van der Waals surface area contributed by atoms with Crippen LogP contribution in [0.4, 0.5) is 0 Å². The highest BCUT2D eigenvalue weighted by molar-refractivity contribution is 5.69. The summed E-state index contributed by atoms with van der Waals surface area (Å²) in [5, 5.41) is 0. The Morgan fingerprint density at radius 1 is 0.615 bits per heavy atom. The van der Waals surface area contributed by atoms with Crippen molar-refractivity contribution in [3.05, 3.63) is 72.9 Å². The van der Waals surface area contributed by atoms with Crippen LogP contribution in [0.1, 0.15) is 65.2 Å². The highest BCUT2D eigenvalue weighted by atomic mass is 16.5. The summed E-state index contributed by atoms with van der Waals surface area (Å²) >= 11 is 0. The molecule has 0 aliphatic heterocycles. The fraction of sp³-hybridized carbons (Fsp3) is 0.458. The molecular weight excluding hydrogens is 320 g/mol. The number of hydrogen-bond acceptors (Lipinski definition) is 2. The Labute approximate surface area is 160 Å². The summed E-state index contributed by atoms with van der Waals surface area (Å²) in [7, 11) is 0. The van der Waals surface area contributed by atoms with E-state index >= 15 is 0 Å². The van der Waals surface area contributed by atoms with E-state index in [4.69, 9.17) is 4.74 Å². The maximum atomic E-state index is 11.1.